The summed E-state index contributed by atoms with van der Waals surface area (Å²) >= 11 is 11.6. The minimum atomic E-state index is -0.753. The van der Waals surface area contributed by atoms with Gasteiger partial charge in [0.15, 0.2) is 0 Å². The first-order chi connectivity index (χ1) is 6.32. The van der Waals surface area contributed by atoms with Crippen LogP contribution in [0.15, 0.2) is 18.2 Å². The van der Waals surface area contributed by atoms with Crippen LogP contribution in [0.4, 0.5) is 0 Å². The number of hydrogen-bond acceptors (Lipinski definition) is 2. The summed E-state index contributed by atoms with van der Waals surface area (Å²) in [5.74, 6) is 0. The van der Waals surface area contributed by atoms with E-state index in [0.29, 0.717) is 15.6 Å². The third-order valence-corrected chi connectivity index (χ3v) is 2.70. The van der Waals surface area contributed by atoms with Gasteiger partial charge in [-0.3, -0.25) is 0 Å². The predicted molar refractivity (Wildman–Crippen MR) is 59.7 cm³/mol. The van der Waals surface area contributed by atoms with Crippen molar-refractivity contribution in [3.63, 3.8) is 0 Å². The van der Waals surface area contributed by atoms with Crippen LogP contribution < -0.4 is 5.73 Å². The molecule has 4 heteroatoms. The van der Waals surface area contributed by atoms with Gasteiger partial charge >= 0.3 is 0 Å². The lowest BCUT2D eigenvalue weighted by molar-refractivity contribution is 0.105. The van der Waals surface area contributed by atoms with Crippen molar-refractivity contribution < 1.29 is 5.11 Å². The number of rotatable bonds is 2. The van der Waals surface area contributed by atoms with E-state index in [1.165, 1.54) is 0 Å². The van der Waals surface area contributed by atoms with Crippen LogP contribution in [0, 0.1) is 0 Å². The van der Waals surface area contributed by atoms with Gasteiger partial charge in [0, 0.05) is 5.54 Å². The first-order valence-corrected chi connectivity index (χ1v) is 5.00. The smallest absolute Gasteiger partial charge is 0.0964 e. The van der Waals surface area contributed by atoms with Gasteiger partial charge in [0.05, 0.1) is 16.1 Å². The minimum absolute atomic E-state index is 0.424. The van der Waals surface area contributed by atoms with Crippen LogP contribution in [0.2, 0.25) is 10.0 Å². The average molecular weight is 234 g/mol. The van der Waals surface area contributed by atoms with Crippen molar-refractivity contribution in [3.8, 4) is 0 Å². The number of hydrogen-bond donors (Lipinski definition) is 2. The molecule has 0 saturated carbocycles. The normalized spacial score (nSPS) is 14.1. The third-order valence-electron chi connectivity index (χ3n) is 1.96. The van der Waals surface area contributed by atoms with Crippen LogP contribution in [0.5, 0.6) is 0 Å². The van der Waals surface area contributed by atoms with E-state index < -0.39 is 11.6 Å². The van der Waals surface area contributed by atoms with E-state index in [1.807, 2.05) is 0 Å². The van der Waals surface area contributed by atoms with E-state index in [0.717, 1.165) is 0 Å². The standard InChI is InChI=1S/C10H13Cl2NO/c1-10(2,13)9(14)6-3-4-7(11)8(12)5-6/h3-5,9,14H,13H2,1-2H3/t9-/m1/s1. The summed E-state index contributed by atoms with van der Waals surface area (Å²) in [5.41, 5.74) is 5.75. The molecule has 3 N–H and O–H groups in total. The molecule has 78 valence electrons. The van der Waals surface area contributed by atoms with Crippen molar-refractivity contribution in [2.75, 3.05) is 0 Å². The van der Waals surface area contributed by atoms with Crippen molar-refractivity contribution in [1.82, 2.24) is 0 Å². The summed E-state index contributed by atoms with van der Waals surface area (Å²) in [6.07, 6.45) is -0.753. The lowest BCUT2D eigenvalue weighted by Gasteiger charge is -2.26. The zero-order valence-corrected chi connectivity index (χ0v) is 9.60. The van der Waals surface area contributed by atoms with Gasteiger partial charge < -0.3 is 10.8 Å². The molecular formula is C10H13Cl2NO. The Balaban J connectivity index is 3.03. The fourth-order valence-corrected chi connectivity index (χ4v) is 1.42. The second-order valence-electron chi connectivity index (χ2n) is 3.90. The molecule has 14 heavy (non-hydrogen) atoms. The Bertz CT molecular complexity index is 333. The quantitative estimate of drug-likeness (QED) is 0.826. The van der Waals surface area contributed by atoms with Crippen molar-refractivity contribution in [2.45, 2.75) is 25.5 Å². The van der Waals surface area contributed by atoms with Crippen LogP contribution in [-0.2, 0) is 0 Å². The molecule has 0 unspecified atom stereocenters. The fraction of sp³-hybridized carbons (Fsp3) is 0.400. The van der Waals surface area contributed by atoms with Crippen LogP contribution in [0.3, 0.4) is 0 Å². The van der Waals surface area contributed by atoms with Crippen LogP contribution in [-0.4, -0.2) is 10.6 Å². The summed E-state index contributed by atoms with van der Waals surface area (Å²) in [7, 11) is 0. The highest BCUT2D eigenvalue weighted by Crippen LogP contribution is 2.29. The molecule has 1 aromatic rings. The van der Waals surface area contributed by atoms with Crippen LogP contribution >= 0.6 is 23.2 Å². The highest BCUT2D eigenvalue weighted by molar-refractivity contribution is 6.42. The first kappa shape index (κ1) is 11.8. The average Bonchev–Trinajstić information content (AvgIpc) is 2.07. The summed E-state index contributed by atoms with van der Waals surface area (Å²) in [6, 6.07) is 4.99. The van der Waals surface area contributed by atoms with Crippen LogP contribution in [0.25, 0.3) is 0 Å². The number of benzene rings is 1. The van der Waals surface area contributed by atoms with Gasteiger partial charge in [-0.15, -0.1) is 0 Å². The van der Waals surface area contributed by atoms with E-state index in [9.17, 15) is 5.11 Å². The zero-order chi connectivity index (χ0) is 10.9. The van der Waals surface area contributed by atoms with Crippen molar-refractivity contribution in [1.29, 1.82) is 0 Å². The summed E-state index contributed by atoms with van der Waals surface area (Å²) in [5, 5.41) is 10.7. The topological polar surface area (TPSA) is 46.2 Å². The molecule has 0 saturated heterocycles. The van der Waals surface area contributed by atoms with Gasteiger partial charge in [-0.1, -0.05) is 29.3 Å². The van der Waals surface area contributed by atoms with E-state index in [4.69, 9.17) is 28.9 Å². The molecule has 0 spiro atoms. The Morgan fingerprint density at radius 1 is 1.29 bits per heavy atom. The van der Waals surface area contributed by atoms with Crippen LogP contribution in [0.1, 0.15) is 25.5 Å². The van der Waals surface area contributed by atoms with Crippen molar-refractivity contribution in [2.24, 2.45) is 5.73 Å². The molecule has 1 aromatic carbocycles. The maximum absolute atomic E-state index is 9.85. The molecule has 0 aliphatic heterocycles. The second-order valence-corrected chi connectivity index (χ2v) is 4.71. The third kappa shape index (κ3) is 2.61. The molecule has 0 aliphatic carbocycles. The van der Waals surface area contributed by atoms with Gasteiger partial charge in [-0.2, -0.15) is 0 Å². The van der Waals surface area contributed by atoms with E-state index in [1.54, 1.807) is 32.0 Å². The van der Waals surface area contributed by atoms with E-state index in [2.05, 4.69) is 0 Å². The Labute approximate surface area is 93.6 Å². The summed E-state index contributed by atoms with van der Waals surface area (Å²) in [4.78, 5) is 0. The molecule has 0 fully saturated rings. The lowest BCUT2D eigenvalue weighted by Crippen LogP contribution is -2.39. The molecule has 0 bridgehead atoms. The molecular weight excluding hydrogens is 221 g/mol. The molecule has 1 atom stereocenters. The highest BCUT2D eigenvalue weighted by atomic mass is 35.5. The lowest BCUT2D eigenvalue weighted by atomic mass is 9.93. The molecule has 1 rings (SSSR count). The highest BCUT2D eigenvalue weighted by Gasteiger charge is 2.24. The second kappa shape index (κ2) is 4.07. The molecule has 0 aromatic heterocycles. The summed E-state index contributed by atoms with van der Waals surface area (Å²) in [6.45, 7) is 3.50. The number of aliphatic hydroxyl groups is 1. The Morgan fingerprint density at radius 3 is 2.29 bits per heavy atom. The number of halogens is 2. The number of aliphatic hydroxyl groups excluding tert-OH is 1. The number of nitrogens with two attached hydrogens (primary N) is 1. The maximum atomic E-state index is 9.85. The minimum Gasteiger partial charge on any atom is -0.387 e. The maximum Gasteiger partial charge on any atom is 0.0964 e. The predicted octanol–water partition coefficient (Wildman–Crippen LogP) is 2.76. The first-order valence-electron chi connectivity index (χ1n) is 4.24. The molecule has 0 aliphatic rings. The SMILES string of the molecule is CC(C)(N)[C@H](O)c1ccc(Cl)c(Cl)c1. The van der Waals surface area contributed by atoms with E-state index >= 15 is 0 Å². The molecule has 0 amide bonds. The van der Waals surface area contributed by atoms with E-state index in [-0.39, 0.29) is 0 Å². The Morgan fingerprint density at radius 2 is 1.86 bits per heavy atom. The largest absolute Gasteiger partial charge is 0.387 e. The Hall–Kier alpha value is -0.280. The molecule has 0 radical (unpaired) electrons. The monoisotopic (exact) mass is 233 g/mol. The van der Waals surface area contributed by atoms with Gasteiger partial charge in [-0.05, 0) is 31.5 Å². The van der Waals surface area contributed by atoms with Gasteiger partial charge in [-0.25, -0.2) is 0 Å². The van der Waals surface area contributed by atoms with Gasteiger partial charge in [0.2, 0.25) is 0 Å². The van der Waals surface area contributed by atoms with Crippen molar-refractivity contribution >= 4 is 23.2 Å². The van der Waals surface area contributed by atoms with Gasteiger partial charge in [0.1, 0.15) is 0 Å². The molecule has 0 heterocycles. The van der Waals surface area contributed by atoms with Crippen molar-refractivity contribution in [3.05, 3.63) is 33.8 Å². The van der Waals surface area contributed by atoms with Gasteiger partial charge in [0.25, 0.3) is 0 Å². The fourth-order valence-electron chi connectivity index (χ4n) is 1.11. The Kier molecular flexibility index (Phi) is 3.43. The zero-order valence-electron chi connectivity index (χ0n) is 8.09. The molecule has 2 nitrogen and oxygen atoms in total. The summed E-state index contributed by atoms with van der Waals surface area (Å²) < 4.78 is 0.